The maximum absolute atomic E-state index is 12.5. The number of nitrogens with zero attached hydrogens (tertiary/aromatic N) is 2. The average molecular weight is 413 g/mol. The molecule has 2 amide bonds. The van der Waals surface area contributed by atoms with Gasteiger partial charge in [0, 0.05) is 30.3 Å². The summed E-state index contributed by atoms with van der Waals surface area (Å²) in [6.07, 6.45) is 0. The van der Waals surface area contributed by atoms with Crippen LogP contribution in [0, 0.1) is 13.8 Å². The van der Waals surface area contributed by atoms with Crippen LogP contribution < -0.4 is 10.1 Å². The van der Waals surface area contributed by atoms with Crippen LogP contribution in [0.2, 0.25) is 0 Å². The summed E-state index contributed by atoms with van der Waals surface area (Å²) in [4.78, 5) is 29.4. The summed E-state index contributed by atoms with van der Waals surface area (Å²) in [6.45, 7) is 5.13. The molecule has 0 radical (unpaired) electrons. The van der Waals surface area contributed by atoms with Crippen LogP contribution >= 0.6 is 11.3 Å². The molecule has 2 heterocycles. The minimum Gasteiger partial charge on any atom is -0.454 e. The quantitative estimate of drug-likeness (QED) is 0.604. The number of aromatic nitrogens is 1. The summed E-state index contributed by atoms with van der Waals surface area (Å²) in [6, 6.07) is 10.7. The molecule has 29 heavy (non-hydrogen) atoms. The monoisotopic (exact) mass is 413 g/mol. The van der Waals surface area contributed by atoms with Crippen molar-refractivity contribution in [1.82, 2.24) is 9.88 Å². The van der Waals surface area contributed by atoms with E-state index >= 15 is 0 Å². The zero-order chi connectivity index (χ0) is 20.8. The van der Waals surface area contributed by atoms with Crippen molar-refractivity contribution in [1.29, 1.82) is 0 Å². The molecule has 1 aromatic carbocycles. The lowest BCUT2D eigenvalue weighted by Crippen LogP contribution is -2.26. The number of nitrogens with one attached hydrogen (secondary N) is 1. The normalized spacial score (nSPS) is 11.6. The molecule has 0 aliphatic heterocycles. The van der Waals surface area contributed by atoms with Gasteiger partial charge in [0.15, 0.2) is 10.6 Å². The van der Waals surface area contributed by atoms with Gasteiger partial charge in [0.1, 0.15) is 5.76 Å². The molecule has 0 saturated heterocycles. The predicted octanol–water partition coefficient (Wildman–Crippen LogP) is 2.93. The standard InChI is InChI=1S/C21H23N3O4S/c1-14-4-6-16(7-5-14)19(25)23-21-24(15(2)13-29-21)12-17-8-9-18(28-17)20(26)22-10-11-27-3/h4-9,13H,10-12H2,1-3H3,(H,22,26). The van der Waals surface area contributed by atoms with Crippen LogP contribution in [0.4, 0.5) is 0 Å². The Morgan fingerprint density at radius 1 is 1.17 bits per heavy atom. The number of thiazole rings is 1. The van der Waals surface area contributed by atoms with Crippen LogP contribution in [0.5, 0.6) is 0 Å². The summed E-state index contributed by atoms with van der Waals surface area (Å²) in [5.74, 6) is 0.254. The Morgan fingerprint density at radius 2 is 1.93 bits per heavy atom. The molecule has 7 nitrogen and oxygen atoms in total. The highest BCUT2D eigenvalue weighted by Gasteiger charge is 2.13. The predicted molar refractivity (Wildman–Crippen MR) is 110 cm³/mol. The summed E-state index contributed by atoms with van der Waals surface area (Å²) in [7, 11) is 1.57. The lowest BCUT2D eigenvalue weighted by Gasteiger charge is -2.04. The number of furan rings is 1. The Hall–Kier alpha value is -2.97. The lowest BCUT2D eigenvalue weighted by atomic mass is 10.1. The first-order valence-corrected chi connectivity index (χ1v) is 10.0. The smallest absolute Gasteiger partial charge is 0.287 e. The maximum atomic E-state index is 12.5. The van der Waals surface area contributed by atoms with Crippen molar-refractivity contribution in [2.75, 3.05) is 20.3 Å². The Balaban J connectivity index is 1.77. The van der Waals surface area contributed by atoms with Gasteiger partial charge in [-0.15, -0.1) is 11.3 Å². The molecular weight excluding hydrogens is 390 g/mol. The average Bonchev–Trinajstić information content (AvgIpc) is 3.31. The molecule has 0 unspecified atom stereocenters. The molecule has 0 saturated carbocycles. The van der Waals surface area contributed by atoms with E-state index in [4.69, 9.17) is 9.15 Å². The maximum Gasteiger partial charge on any atom is 0.287 e. The first kappa shape index (κ1) is 20.8. The summed E-state index contributed by atoms with van der Waals surface area (Å²) < 4.78 is 12.5. The van der Waals surface area contributed by atoms with E-state index in [2.05, 4.69) is 10.3 Å². The molecule has 0 aliphatic carbocycles. The summed E-state index contributed by atoms with van der Waals surface area (Å²) in [5.41, 5.74) is 2.58. The number of carbonyl (C=O) groups is 2. The van der Waals surface area contributed by atoms with E-state index in [1.807, 2.05) is 35.9 Å². The molecular formula is C21H23N3O4S. The Kier molecular flexibility index (Phi) is 6.79. The molecule has 2 aromatic heterocycles. The van der Waals surface area contributed by atoms with Crippen molar-refractivity contribution in [3.8, 4) is 0 Å². The van der Waals surface area contributed by atoms with E-state index in [0.29, 0.717) is 35.8 Å². The fourth-order valence-electron chi connectivity index (χ4n) is 2.64. The lowest BCUT2D eigenvalue weighted by molar-refractivity contribution is 0.0907. The SMILES string of the molecule is COCCNC(=O)c1ccc(Cn2c(C)csc2=NC(=O)c2ccc(C)cc2)o1. The van der Waals surface area contributed by atoms with Gasteiger partial charge in [0.2, 0.25) is 0 Å². The van der Waals surface area contributed by atoms with Gasteiger partial charge in [-0.3, -0.25) is 9.59 Å². The molecule has 3 aromatic rings. The van der Waals surface area contributed by atoms with Crippen molar-refractivity contribution in [2.24, 2.45) is 4.99 Å². The Labute approximate surface area is 172 Å². The largest absolute Gasteiger partial charge is 0.454 e. The molecule has 0 aliphatic rings. The van der Waals surface area contributed by atoms with E-state index in [1.165, 1.54) is 11.3 Å². The van der Waals surface area contributed by atoms with Crippen LogP contribution in [-0.4, -0.2) is 36.6 Å². The number of benzene rings is 1. The number of rotatable bonds is 7. The van der Waals surface area contributed by atoms with Gasteiger partial charge in [0.05, 0.1) is 13.2 Å². The van der Waals surface area contributed by atoms with Gasteiger partial charge in [-0.05, 0) is 38.1 Å². The highest BCUT2D eigenvalue weighted by Crippen LogP contribution is 2.12. The second kappa shape index (κ2) is 9.49. The first-order chi connectivity index (χ1) is 14.0. The van der Waals surface area contributed by atoms with Crippen molar-refractivity contribution < 1.29 is 18.7 Å². The van der Waals surface area contributed by atoms with E-state index in [-0.39, 0.29) is 17.6 Å². The minimum atomic E-state index is -0.293. The fraction of sp³-hybridized carbons (Fsp3) is 0.286. The molecule has 152 valence electrons. The highest BCUT2D eigenvalue weighted by atomic mass is 32.1. The third kappa shape index (κ3) is 5.30. The van der Waals surface area contributed by atoms with Crippen LogP contribution in [0.15, 0.2) is 51.2 Å². The van der Waals surface area contributed by atoms with Gasteiger partial charge in [0.25, 0.3) is 11.8 Å². The van der Waals surface area contributed by atoms with Gasteiger partial charge in [-0.25, -0.2) is 0 Å². The molecule has 1 N–H and O–H groups in total. The second-order valence-electron chi connectivity index (χ2n) is 6.54. The first-order valence-electron chi connectivity index (χ1n) is 9.14. The topological polar surface area (TPSA) is 85.8 Å². The number of methoxy groups -OCH3 is 1. The van der Waals surface area contributed by atoms with Crippen LogP contribution in [-0.2, 0) is 11.3 Å². The van der Waals surface area contributed by atoms with Crippen molar-refractivity contribution in [3.63, 3.8) is 0 Å². The van der Waals surface area contributed by atoms with Crippen molar-refractivity contribution in [3.05, 3.63) is 74.9 Å². The third-order valence-electron chi connectivity index (χ3n) is 4.28. The van der Waals surface area contributed by atoms with Crippen molar-refractivity contribution >= 4 is 23.2 Å². The molecule has 3 rings (SSSR count). The minimum absolute atomic E-state index is 0.235. The molecule has 0 fully saturated rings. The Morgan fingerprint density at radius 3 is 2.66 bits per heavy atom. The number of aryl methyl sites for hydroxylation is 2. The van der Waals surface area contributed by atoms with Gasteiger partial charge in [-0.2, -0.15) is 4.99 Å². The number of amides is 2. The third-order valence-corrected chi connectivity index (χ3v) is 5.26. The summed E-state index contributed by atoms with van der Waals surface area (Å²) >= 11 is 1.39. The zero-order valence-electron chi connectivity index (χ0n) is 16.6. The van der Waals surface area contributed by atoms with Crippen LogP contribution in [0.1, 0.15) is 37.9 Å². The van der Waals surface area contributed by atoms with E-state index in [0.717, 1.165) is 11.3 Å². The number of hydrogen-bond acceptors (Lipinski definition) is 5. The van der Waals surface area contributed by atoms with E-state index < -0.39 is 0 Å². The molecule has 8 heteroatoms. The highest BCUT2D eigenvalue weighted by molar-refractivity contribution is 7.07. The fourth-order valence-corrected chi connectivity index (χ4v) is 3.51. The second-order valence-corrected chi connectivity index (χ2v) is 7.38. The Bertz CT molecular complexity index is 1060. The van der Waals surface area contributed by atoms with Crippen LogP contribution in [0.25, 0.3) is 0 Å². The van der Waals surface area contributed by atoms with Crippen molar-refractivity contribution in [2.45, 2.75) is 20.4 Å². The van der Waals surface area contributed by atoms with E-state index in [9.17, 15) is 9.59 Å². The molecule has 0 spiro atoms. The number of carbonyl (C=O) groups excluding carboxylic acids is 2. The number of ether oxygens (including phenoxy) is 1. The number of hydrogen-bond donors (Lipinski definition) is 1. The van der Waals surface area contributed by atoms with Gasteiger partial charge in [-0.1, -0.05) is 17.7 Å². The van der Waals surface area contributed by atoms with Gasteiger partial charge >= 0.3 is 0 Å². The van der Waals surface area contributed by atoms with Crippen LogP contribution in [0.3, 0.4) is 0 Å². The zero-order valence-corrected chi connectivity index (χ0v) is 17.4. The summed E-state index contributed by atoms with van der Waals surface area (Å²) in [5, 5.41) is 4.65. The van der Waals surface area contributed by atoms with Gasteiger partial charge < -0.3 is 19.0 Å². The molecule has 0 atom stereocenters. The molecule has 0 bridgehead atoms. The van der Waals surface area contributed by atoms with E-state index in [1.54, 1.807) is 31.4 Å².